The number of nitrogens with one attached hydrogen (secondary N) is 1. The van der Waals surface area contributed by atoms with E-state index in [0.717, 1.165) is 39.3 Å². The largest absolute Gasteiger partial charge is 0.380 e. The topological polar surface area (TPSA) is 27.7 Å². The Bertz CT molecular complexity index is 671. The third kappa shape index (κ3) is 4.65. The summed E-state index contributed by atoms with van der Waals surface area (Å²) in [7, 11) is 1.86. The number of methoxy groups -OCH3 is 1. The average Bonchev–Trinajstić information content (AvgIpc) is 2.84. The molecule has 1 unspecified atom stereocenters. The molecule has 2 heterocycles. The number of benzene rings is 1. The van der Waals surface area contributed by atoms with Crippen LogP contribution in [0.2, 0.25) is 0 Å². The summed E-state index contributed by atoms with van der Waals surface area (Å²) in [5.74, 6) is 0.712. The van der Waals surface area contributed by atoms with Crippen molar-refractivity contribution < 1.29 is 4.74 Å². The maximum absolute atomic E-state index is 5.70. The molecule has 1 saturated carbocycles. The van der Waals surface area contributed by atoms with E-state index in [1.165, 1.54) is 62.7 Å². The first-order valence-corrected chi connectivity index (χ1v) is 12.6. The fourth-order valence-electron chi connectivity index (χ4n) is 6.12. The predicted octanol–water partition coefficient (Wildman–Crippen LogP) is 5.18. The Balaban J connectivity index is 1.60. The van der Waals surface area contributed by atoms with E-state index in [1.54, 1.807) is 5.56 Å². The first-order valence-electron chi connectivity index (χ1n) is 12.6. The van der Waals surface area contributed by atoms with Crippen molar-refractivity contribution in [3.05, 3.63) is 23.8 Å². The maximum Gasteiger partial charge on any atom is 0.0746 e. The number of anilines is 2. The Hall–Kier alpha value is -1.26. The van der Waals surface area contributed by atoms with Crippen LogP contribution in [0.3, 0.4) is 0 Å². The van der Waals surface area contributed by atoms with Crippen molar-refractivity contribution in [2.75, 3.05) is 56.2 Å². The molecule has 0 aromatic heterocycles. The van der Waals surface area contributed by atoms with Crippen molar-refractivity contribution in [3.63, 3.8) is 0 Å². The molecule has 1 aromatic carbocycles. The molecule has 3 aliphatic rings. The highest BCUT2D eigenvalue weighted by atomic mass is 16.5. The van der Waals surface area contributed by atoms with Crippen LogP contribution in [0.4, 0.5) is 11.4 Å². The Morgan fingerprint density at radius 3 is 2.40 bits per heavy atom. The molecule has 30 heavy (non-hydrogen) atoms. The molecular formula is C26H43N3O. The SMILES string of the molecule is CCC1(CC)CCC(c2cc(N3CCCC(OC)C3)ccc2N2CCNCC2)CC1. The van der Waals surface area contributed by atoms with Crippen LogP contribution in [-0.4, -0.2) is 52.5 Å². The van der Waals surface area contributed by atoms with Gasteiger partial charge < -0.3 is 19.9 Å². The van der Waals surface area contributed by atoms with Crippen molar-refractivity contribution in [1.29, 1.82) is 0 Å². The van der Waals surface area contributed by atoms with Gasteiger partial charge in [-0.3, -0.25) is 0 Å². The fourth-order valence-corrected chi connectivity index (χ4v) is 6.12. The van der Waals surface area contributed by atoms with E-state index < -0.39 is 0 Å². The first-order chi connectivity index (χ1) is 14.7. The zero-order valence-corrected chi connectivity index (χ0v) is 19.6. The number of hydrogen-bond donors (Lipinski definition) is 1. The van der Waals surface area contributed by atoms with Gasteiger partial charge in [-0.25, -0.2) is 0 Å². The molecule has 1 aliphatic carbocycles. The second-order valence-corrected chi connectivity index (χ2v) is 9.91. The lowest BCUT2D eigenvalue weighted by Crippen LogP contribution is -2.44. The number of hydrogen-bond acceptors (Lipinski definition) is 4. The molecule has 4 nitrogen and oxygen atoms in total. The average molecular weight is 414 g/mol. The molecule has 168 valence electrons. The van der Waals surface area contributed by atoms with Crippen LogP contribution in [0.25, 0.3) is 0 Å². The molecule has 2 saturated heterocycles. The van der Waals surface area contributed by atoms with E-state index >= 15 is 0 Å². The number of piperazine rings is 1. The molecule has 0 amide bonds. The second-order valence-electron chi connectivity index (χ2n) is 9.91. The van der Waals surface area contributed by atoms with Gasteiger partial charge in [0.15, 0.2) is 0 Å². The summed E-state index contributed by atoms with van der Waals surface area (Å²) in [4.78, 5) is 5.19. The van der Waals surface area contributed by atoms with Gasteiger partial charge in [0.1, 0.15) is 0 Å². The van der Waals surface area contributed by atoms with Crippen molar-refractivity contribution in [2.45, 2.75) is 77.2 Å². The van der Waals surface area contributed by atoms with Gasteiger partial charge in [-0.15, -0.1) is 0 Å². The van der Waals surface area contributed by atoms with Crippen LogP contribution in [0.1, 0.15) is 76.7 Å². The van der Waals surface area contributed by atoms with E-state index in [1.807, 2.05) is 7.11 Å². The zero-order valence-electron chi connectivity index (χ0n) is 19.6. The van der Waals surface area contributed by atoms with Crippen LogP contribution < -0.4 is 15.1 Å². The standard InChI is InChI=1S/C26H43N3O/c1-4-26(5-2)12-10-21(11-13-26)24-19-22(29-16-6-7-23(20-29)30-3)8-9-25(24)28-17-14-27-15-18-28/h8-9,19,21,23,27H,4-7,10-18,20H2,1-3H3. The maximum atomic E-state index is 5.70. The fraction of sp³-hybridized carbons (Fsp3) is 0.769. The van der Waals surface area contributed by atoms with Gasteiger partial charge in [0, 0.05) is 57.8 Å². The van der Waals surface area contributed by atoms with Gasteiger partial charge in [0.2, 0.25) is 0 Å². The molecule has 2 aliphatic heterocycles. The number of ether oxygens (including phenoxy) is 1. The van der Waals surface area contributed by atoms with Gasteiger partial charge in [-0.1, -0.05) is 26.7 Å². The van der Waals surface area contributed by atoms with Gasteiger partial charge in [-0.2, -0.15) is 0 Å². The predicted molar refractivity (Wildman–Crippen MR) is 128 cm³/mol. The molecule has 0 bridgehead atoms. The van der Waals surface area contributed by atoms with E-state index in [0.29, 0.717) is 17.4 Å². The van der Waals surface area contributed by atoms with Crippen molar-refractivity contribution >= 4 is 11.4 Å². The minimum Gasteiger partial charge on any atom is -0.380 e. The lowest BCUT2D eigenvalue weighted by Gasteiger charge is -2.41. The lowest BCUT2D eigenvalue weighted by molar-refractivity contribution is 0.0893. The second kappa shape index (κ2) is 9.91. The van der Waals surface area contributed by atoms with Gasteiger partial charge in [-0.05, 0) is 73.6 Å². The van der Waals surface area contributed by atoms with Crippen molar-refractivity contribution in [2.24, 2.45) is 5.41 Å². The van der Waals surface area contributed by atoms with Crippen LogP contribution in [-0.2, 0) is 4.74 Å². The van der Waals surface area contributed by atoms with Gasteiger partial charge in [0.25, 0.3) is 0 Å². The zero-order chi connectivity index (χ0) is 21.0. The summed E-state index contributed by atoms with van der Waals surface area (Å²) < 4.78 is 5.70. The molecular weight excluding hydrogens is 370 g/mol. The molecule has 1 aromatic rings. The lowest BCUT2D eigenvalue weighted by atomic mass is 9.66. The Morgan fingerprint density at radius 1 is 1.00 bits per heavy atom. The summed E-state index contributed by atoms with van der Waals surface area (Å²) in [5, 5.41) is 3.52. The van der Waals surface area contributed by atoms with Crippen LogP contribution >= 0.6 is 0 Å². The van der Waals surface area contributed by atoms with Crippen molar-refractivity contribution in [1.82, 2.24) is 5.32 Å². The Labute approximate surface area is 184 Å². The highest BCUT2D eigenvalue weighted by Crippen LogP contribution is 2.49. The van der Waals surface area contributed by atoms with Gasteiger partial charge in [0.05, 0.1) is 6.10 Å². The minimum atomic E-state index is 0.374. The first kappa shape index (κ1) is 22.0. The van der Waals surface area contributed by atoms with E-state index in [-0.39, 0.29) is 0 Å². The highest BCUT2D eigenvalue weighted by Gasteiger charge is 2.34. The normalized spacial score (nSPS) is 25.5. The third-order valence-electron chi connectivity index (χ3n) is 8.53. The van der Waals surface area contributed by atoms with E-state index in [4.69, 9.17) is 4.74 Å². The molecule has 0 radical (unpaired) electrons. The number of rotatable bonds is 6. The summed E-state index contributed by atoms with van der Waals surface area (Å²) in [5.41, 5.74) is 5.14. The van der Waals surface area contributed by atoms with E-state index in [2.05, 4.69) is 47.2 Å². The Morgan fingerprint density at radius 2 is 1.73 bits per heavy atom. The Kier molecular flexibility index (Phi) is 7.25. The third-order valence-corrected chi connectivity index (χ3v) is 8.53. The monoisotopic (exact) mass is 413 g/mol. The summed E-state index contributed by atoms with van der Waals surface area (Å²) in [6.07, 6.45) is 11.0. The van der Waals surface area contributed by atoms with E-state index in [9.17, 15) is 0 Å². The summed E-state index contributed by atoms with van der Waals surface area (Å²) >= 11 is 0. The molecule has 1 N–H and O–H groups in total. The molecule has 3 fully saturated rings. The highest BCUT2D eigenvalue weighted by molar-refractivity contribution is 5.63. The molecule has 1 atom stereocenters. The summed E-state index contributed by atoms with van der Waals surface area (Å²) in [6.45, 7) is 11.4. The van der Waals surface area contributed by atoms with Crippen LogP contribution in [0, 0.1) is 5.41 Å². The quantitative estimate of drug-likeness (QED) is 0.696. The van der Waals surface area contributed by atoms with Crippen molar-refractivity contribution in [3.8, 4) is 0 Å². The molecule has 4 rings (SSSR count). The van der Waals surface area contributed by atoms with Gasteiger partial charge >= 0.3 is 0 Å². The smallest absolute Gasteiger partial charge is 0.0746 e. The minimum absolute atomic E-state index is 0.374. The molecule has 4 heteroatoms. The number of nitrogens with zero attached hydrogens (tertiary/aromatic N) is 2. The summed E-state index contributed by atoms with van der Waals surface area (Å²) in [6, 6.07) is 7.38. The molecule has 0 spiro atoms. The number of piperidine rings is 1. The van der Waals surface area contributed by atoms with Crippen LogP contribution in [0.5, 0.6) is 0 Å². The van der Waals surface area contributed by atoms with Crippen LogP contribution in [0.15, 0.2) is 18.2 Å².